The van der Waals surface area contributed by atoms with E-state index in [4.69, 9.17) is 4.52 Å². The zero-order valence-electron chi connectivity index (χ0n) is 14.3. The number of aryl methyl sites for hydroxylation is 2. The summed E-state index contributed by atoms with van der Waals surface area (Å²) in [5.41, 5.74) is 1.76. The molecular formula is C17H21N3O4S. The van der Waals surface area contributed by atoms with Crippen LogP contribution >= 0.6 is 0 Å². The van der Waals surface area contributed by atoms with Gasteiger partial charge in [-0.3, -0.25) is 4.79 Å². The van der Waals surface area contributed by atoms with E-state index in [1.165, 1.54) is 12.1 Å². The minimum atomic E-state index is -3.74. The lowest BCUT2D eigenvalue weighted by atomic mass is 10.2. The summed E-state index contributed by atoms with van der Waals surface area (Å²) >= 11 is 0. The van der Waals surface area contributed by atoms with Crippen LogP contribution in [0.25, 0.3) is 0 Å². The highest BCUT2D eigenvalue weighted by Gasteiger charge is 2.22. The topological polar surface area (TPSA) is 92.5 Å². The van der Waals surface area contributed by atoms with Crippen LogP contribution in [0.5, 0.6) is 0 Å². The molecule has 2 heterocycles. The molecule has 2 aromatic rings. The number of nitrogens with zero attached hydrogens (tertiary/aromatic N) is 2. The summed E-state index contributed by atoms with van der Waals surface area (Å²) in [7, 11) is -3.74. The fraction of sp³-hybridized carbons (Fsp3) is 0.412. The molecule has 0 atom stereocenters. The minimum absolute atomic E-state index is 0.0734. The molecule has 0 bridgehead atoms. The Morgan fingerprint density at radius 1 is 1.28 bits per heavy atom. The van der Waals surface area contributed by atoms with Crippen LogP contribution in [0.4, 0.5) is 0 Å². The average molecular weight is 363 g/mol. The third-order valence-electron chi connectivity index (χ3n) is 4.40. The number of likely N-dealkylation sites (tertiary alicyclic amines) is 1. The first kappa shape index (κ1) is 17.6. The molecule has 8 heteroatoms. The molecule has 1 aromatic heterocycles. The standard InChI is InChI=1S/C17H21N3O4S/c1-12-16(13(2)24-19-12)11-18-25(22,23)15-7-5-6-14(10-15)17(21)20-8-3-4-9-20/h5-7,10,18H,3-4,8-9,11H2,1-2H3. The molecule has 1 aliphatic heterocycles. The Bertz CT molecular complexity index is 864. The predicted octanol–water partition coefficient (Wildman–Crippen LogP) is 2.01. The highest BCUT2D eigenvalue weighted by molar-refractivity contribution is 7.89. The minimum Gasteiger partial charge on any atom is -0.361 e. The summed E-state index contributed by atoms with van der Waals surface area (Å²) in [5.74, 6) is 0.457. The first-order chi connectivity index (χ1) is 11.9. The molecule has 1 saturated heterocycles. The van der Waals surface area contributed by atoms with Crippen LogP contribution in [0.2, 0.25) is 0 Å². The van der Waals surface area contributed by atoms with E-state index in [2.05, 4.69) is 9.88 Å². The monoisotopic (exact) mass is 363 g/mol. The van der Waals surface area contributed by atoms with Gasteiger partial charge < -0.3 is 9.42 Å². The lowest BCUT2D eigenvalue weighted by molar-refractivity contribution is 0.0792. The molecule has 25 heavy (non-hydrogen) atoms. The number of hydrogen-bond acceptors (Lipinski definition) is 5. The van der Waals surface area contributed by atoms with Crippen LogP contribution in [-0.4, -0.2) is 37.5 Å². The molecular weight excluding hydrogens is 342 g/mol. The predicted molar refractivity (Wildman–Crippen MR) is 91.6 cm³/mol. The van der Waals surface area contributed by atoms with Gasteiger partial charge in [-0.25, -0.2) is 13.1 Å². The van der Waals surface area contributed by atoms with Crippen molar-refractivity contribution in [3.8, 4) is 0 Å². The quantitative estimate of drug-likeness (QED) is 0.877. The second kappa shape index (κ2) is 6.97. The molecule has 0 spiro atoms. The van der Waals surface area contributed by atoms with Gasteiger partial charge in [0.05, 0.1) is 10.6 Å². The van der Waals surface area contributed by atoms with E-state index >= 15 is 0 Å². The molecule has 134 valence electrons. The zero-order valence-corrected chi connectivity index (χ0v) is 15.1. The van der Waals surface area contributed by atoms with Gasteiger partial charge in [-0.05, 0) is 44.9 Å². The second-order valence-electron chi connectivity index (χ2n) is 6.15. The largest absolute Gasteiger partial charge is 0.361 e. The van der Waals surface area contributed by atoms with Gasteiger partial charge in [-0.15, -0.1) is 0 Å². The number of amides is 1. The van der Waals surface area contributed by atoms with Gasteiger partial charge in [-0.2, -0.15) is 0 Å². The van der Waals surface area contributed by atoms with Crippen LogP contribution in [-0.2, 0) is 16.6 Å². The number of rotatable bonds is 5. The Hall–Kier alpha value is -2.19. The second-order valence-corrected chi connectivity index (χ2v) is 7.92. The van der Waals surface area contributed by atoms with E-state index in [0.717, 1.165) is 25.9 Å². The Labute approximate surface area is 147 Å². The van der Waals surface area contributed by atoms with Gasteiger partial charge in [0.1, 0.15) is 5.76 Å². The summed E-state index contributed by atoms with van der Waals surface area (Å²) < 4.78 is 32.7. The smallest absolute Gasteiger partial charge is 0.253 e. The number of aromatic nitrogens is 1. The first-order valence-corrected chi connectivity index (χ1v) is 9.67. The highest BCUT2D eigenvalue weighted by atomic mass is 32.2. The molecule has 0 radical (unpaired) electrons. The zero-order chi connectivity index (χ0) is 18.0. The van der Waals surface area contributed by atoms with Gasteiger partial charge in [0.2, 0.25) is 10.0 Å². The van der Waals surface area contributed by atoms with Crippen LogP contribution < -0.4 is 4.72 Å². The number of hydrogen-bond donors (Lipinski definition) is 1. The molecule has 0 saturated carbocycles. The third-order valence-corrected chi connectivity index (χ3v) is 5.80. The van der Waals surface area contributed by atoms with Gasteiger partial charge in [0.15, 0.2) is 0 Å². The van der Waals surface area contributed by atoms with Crippen LogP contribution in [0, 0.1) is 13.8 Å². The summed E-state index contributed by atoms with van der Waals surface area (Å²) in [5, 5.41) is 3.81. The molecule has 1 N–H and O–H groups in total. The van der Waals surface area contributed by atoms with Crippen molar-refractivity contribution in [2.24, 2.45) is 0 Å². The van der Waals surface area contributed by atoms with E-state index in [1.807, 2.05) is 0 Å². The lowest BCUT2D eigenvalue weighted by Gasteiger charge is -2.15. The van der Waals surface area contributed by atoms with Gasteiger partial charge >= 0.3 is 0 Å². The third kappa shape index (κ3) is 3.74. The van der Waals surface area contributed by atoms with E-state index in [-0.39, 0.29) is 17.3 Å². The number of benzene rings is 1. The van der Waals surface area contributed by atoms with Gasteiger partial charge in [0, 0.05) is 30.8 Å². The number of nitrogens with one attached hydrogen (secondary N) is 1. The van der Waals surface area contributed by atoms with Crippen LogP contribution in [0.3, 0.4) is 0 Å². The van der Waals surface area contributed by atoms with Gasteiger partial charge in [0.25, 0.3) is 5.91 Å². The van der Waals surface area contributed by atoms with Crippen molar-refractivity contribution in [1.29, 1.82) is 0 Å². The van der Waals surface area contributed by atoms with Crippen molar-refractivity contribution >= 4 is 15.9 Å². The molecule has 0 unspecified atom stereocenters. The van der Waals surface area contributed by atoms with Crippen molar-refractivity contribution < 1.29 is 17.7 Å². The number of sulfonamides is 1. The molecule has 7 nitrogen and oxygen atoms in total. The fourth-order valence-electron chi connectivity index (χ4n) is 2.90. The maximum atomic E-state index is 12.6. The average Bonchev–Trinajstić information content (AvgIpc) is 3.23. The van der Waals surface area contributed by atoms with Crippen LogP contribution in [0.1, 0.15) is 40.2 Å². The van der Waals surface area contributed by atoms with E-state index in [0.29, 0.717) is 22.6 Å². The maximum Gasteiger partial charge on any atom is 0.253 e. The summed E-state index contributed by atoms with van der Waals surface area (Å²) in [6.45, 7) is 5.03. The summed E-state index contributed by atoms with van der Waals surface area (Å²) in [6, 6.07) is 6.15. The van der Waals surface area contributed by atoms with Crippen molar-refractivity contribution in [1.82, 2.24) is 14.8 Å². The number of carbonyl (C=O) groups excluding carboxylic acids is 1. The number of carbonyl (C=O) groups is 1. The van der Waals surface area contributed by atoms with E-state index in [1.54, 1.807) is 30.9 Å². The SMILES string of the molecule is Cc1noc(C)c1CNS(=O)(=O)c1cccc(C(=O)N2CCCC2)c1. The van der Waals surface area contributed by atoms with Gasteiger partial charge in [-0.1, -0.05) is 11.2 Å². The Morgan fingerprint density at radius 3 is 2.64 bits per heavy atom. The fourth-order valence-corrected chi connectivity index (χ4v) is 3.94. The van der Waals surface area contributed by atoms with Crippen molar-refractivity contribution in [3.05, 3.63) is 46.8 Å². The molecule has 1 amide bonds. The highest BCUT2D eigenvalue weighted by Crippen LogP contribution is 2.18. The summed E-state index contributed by atoms with van der Waals surface area (Å²) in [6.07, 6.45) is 1.98. The van der Waals surface area contributed by atoms with Crippen molar-refractivity contribution in [2.45, 2.75) is 38.1 Å². The first-order valence-electron chi connectivity index (χ1n) is 8.19. The molecule has 3 rings (SSSR count). The lowest BCUT2D eigenvalue weighted by Crippen LogP contribution is -2.28. The van der Waals surface area contributed by atoms with Crippen molar-refractivity contribution in [2.75, 3.05) is 13.1 Å². The normalized spacial score (nSPS) is 14.9. The maximum absolute atomic E-state index is 12.6. The van der Waals surface area contributed by atoms with E-state index < -0.39 is 10.0 Å². The Morgan fingerprint density at radius 2 is 2.00 bits per heavy atom. The van der Waals surface area contributed by atoms with Crippen LogP contribution in [0.15, 0.2) is 33.7 Å². The Balaban J connectivity index is 1.78. The molecule has 1 aromatic carbocycles. The molecule has 1 fully saturated rings. The van der Waals surface area contributed by atoms with Crippen molar-refractivity contribution in [3.63, 3.8) is 0 Å². The molecule has 0 aliphatic carbocycles. The Kier molecular flexibility index (Phi) is 4.91. The molecule has 1 aliphatic rings. The van der Waals surface area contributed by atoms with E-state index in [9.17, 15) is 13.2 Å². The summed E-state index contributed by atoms with van der Waals surface area (Å²) in [4.78, 5) is 14.3.